The first kappa shape index (κ1) is 13.4. The molecule has 1 N–H and O–H groups in total. The second kappa shape index (κ2) is 5.83. The molecule has 1 aromatic heterocycles. The van der Waals surface area contributed by atoms with Gasteiger partial charge in [-0.3, -0.25) is 9.69 Å². The fourth-order valence-electron chi connectivity index (χ4n) is 2.52. The molecule has 3 rings (SSSR count). The fraction of sp³-hybridized carbons (Fsp3) is 0.250. The number of carbonyl (C=O) groups excluding carboxylic acids is 1. The minimum atomic E-state index is -0.412. The minimum Gasteiger partial charge on any atom is -0.444 e. The Labute approximate surface area is 122 Å². The Morgan fingerprint density at radius 3 is 2.86 bits per heavy atom. The van der Waals surface area contributed by atoms with E-state index in [0.29, 0.717) is 24.2 Å². The number of pyridine rings is 1. The van der Waals surface area contributed by atoms with Gasteiger partial charge in [-0.15, -0.1) is 0 Å². The summed E-state index contributed by atoms with van der Waals surface area (Å²) in [5, 5.41) is 0. The minimum absolute atomic E-state index is 0.131. The van der Waals surface area contributed by atoms with E-state index in [0.717, 1.165) is 12.0 Å². The van der Waals surface area contributed by atoms with Crippen molar-refractivity contribution >= 4 is 11.8 Å². The van der Waals surface area contributed by atoms with Crippen molar-refractivity contribution in [1.82, 2.24) is 4.98 Å². The molecule has 0 unspecified atom stereocenters. The van der Waals surface area contributed by atoms with Crippen molar-refractivity contribution < 1.29 is 9.53 Å². The van der Waals surface area contributed by atoms with Crippen molar-refractivity contribution in [2.24, 2.45) is 0 Å². The zero-order valence-corrected chi connectivity index (χ0v) is 11.5. The molecule has 0 saturated heterocycles. The summed E-state index contributed by atoms with van der Waals surface area (Å²) in [6.45, 7) is 0.804. The molecule has 0 bridgehead atoms. The van der Waals surface area contributed by atoms with Gasteiger partial charge in [0.1, 0.15) is 6.61 Å². The molecule has 1 amide bonds. The van der Waals surface area contributed by atoms with Crippen molar-refractivity contribution in [3.05, 3.63) is 64.1 Å². The molecule has 2 aromatic rings. The van der Waals surface area contributed by atoms with Crippen LogP contribution in [0.25, 0.3) is 0 Å². The van der Waals surface area contributed by atoms with Crippen molar-refractivity contribution in [1.29, 1.82) is 0 Å². The van der Waals surface area contributed by atoms with Gasteiger partial charge < -0.3 is 9.72 Å². The van der Waals surface area contributed by atoms with Gasteiger partial charge in [0.05, 0.1) is 5.69 Å². The number of nitrogens with zero attached hydrogens (tertiary/aromatic N) is 1. The quantitative estimate of drug-likeness (QED) is 0.921. The highest BCUT2D eigenvalue weighted by molar-refractivity contribution is 5.89. The number of fused-ring (bicyclic) bond motifs is 1. The van der Waals surface area contributed by atoms with Crippen LogP contribution in [0.2, 0.25) is 0 Å². The topological polar surface area (TPSA) is 62.4 Å². The van der Waals surface area contributed by atoms with Gasteiger partial charge in [0.15, 0.2) is 0 Å². The molecule has 5 heteroatoms. The number of anilines is 1. The molecule has 0 spiro atoms. The van der Waals surface area contributed by atoms with E-state index in [1.807, 2.05) is 30.3 Å². The Balaban J connectivity index is 1.75. The third-order valence-corrected chi connectivity index (χ3v) is 3.56. The lowest BCUT2D eigenvalue weighted by molar-refractivity contribution is 0.146. The number of hydrogen-bond acceptors (Lipinski definition) is 3. The number of benzene rings is 1. The van der Waals surface area contributed by atoms with Crippen LogP contribution in [0.15, 0.2) is 47.4 Å². The smallest absolute Gasteiger partial charge is 0.414 e. The first-order chi connectivity index (χ1) is 10.3. The lowest BCUT2D eigenvalue weighted by Crippen LogP contribution is -2.38. The van der Waals surface area contributed by atoms with Crippen LogP contribution in [-0.4, -0.2) is 17.6 Å². The maximum Gasteiger partial charge on any atom is 0.414 e. The third-order valence-electron chi connectivity index (χ3n) is 3.56. The van der Waals surface area contributed by atoms with E-state index in [4.69, 9.17) is 4.74 Å². The molecule has 21 heavy (non-hydrogen) atoms. The molecule has 1 aromatic carbocycles. The molecule has 0 aliphatic carbocycles. The second-order valence-electron chi connectivity index (χ2n) is 4.97. The summed E-state index contributed by atoms with van der Waals surface area (Å²) < 4.78 is 5.34. The van der Waals surface area contributed by atoms with E-state index in [2.05, 4.69) is 4.98 Å². The van der Waals surface area contributed by atoms with E-state index < -0.39 is 6.09 Å². The van der Waals surface area contributed by atoms with Crippen LogP contribution in [0.3, 0.4) is 0 Å². The molecule has 0 fully saturated rings. The lowest BCUT2D eigenvalue weighted by Gasteiger charge is -2.27. The van der Waals surface area contributed by atoms with Crippen molar-refractivity contribution in [2.45, 2.75) is 19.4 Å². The number of nitrogens with one attached hydrogen (secondary N) is 1. The lowest BCUT2D eigenvalue weighted by atomic mass is 10.0. The number of aromatic nitrogens is 1. The summed E-state index contributed by atoms with van der Waals surface area (Å²) in [6, 6.07) is 11.3. The van der Waals surface area contributed by atoms with Crippen LogP contribution < -0.4 is 10.5 Å². The molecule has 2 heterocycles. The Kier molecular flexibility index (Phi) is 3.73. The summed E-state index contributed by atoms with van der Waals surface area (Å²) >= 11 is 0. The molecule has 0 radical (unpaired) electrons. The molecule has 108 valence electrons. The third kappa shape index (κ3) is 2.81. The van der Waals surface area contributed by atoms with Crippen LogP contribution in [0.5, 0.6) is 0 Å². The van der Waals surface area contributed by atoms with Crippen LogP contribution in [-0.2, 0) is 17.8 Å². The SMILES string of the molecule is O=C(OCc1ccccc1)N1CCCc2c1cc[nH]c2=O. The average Bonchev–Trinajstić information content (AvgIpc) is 2.53. The van der Waals surface area contributed by atoms with E-state index in [9.17, 15) is 9.59 Å². The normalized spacial score (nSPS) is 13.6. The van der Waals surface area contributed by atoms with Gasteiger partial charge >= 0.3 is 6.09 Å². The Morgan fingerprint density at radius 1 is 1.24 bits per heavy atom. The largest absolute Gasteiger partial charge is 0.444 e. The van der Waals surface area contributed by atoms with E-state index in [-0.39, 0.29) is 12.2 Å². The van der Waals surface area contributed by atoms with Gasteiger partial charge in [-0.25, -0.2) is 4.79 Å². The number of carbonyl (C=O) groups is 1. The van der Waals surface area contributed by atoms with Gasteiger partial charge in [-0.05, 0) is 24.5 Å². The predicted octanol–water partition coefficient (Wildman–Crippen LogP) is 2.46. The van der Waals surface area contributed by atoms with Crippen LogP contribution in [0.4, 0.5) is 10.5 Å². The first-order valence-electron chi connectivity index (χ1n) is 6.94. The average molecular weight is 284 g/mol. The summed E-state index contributed by atoms with van der Waals surface area (Å²) in [4.78, 5) is 28.2. The van der Waals surface area contributed by atoms with Gasteiger partial charge in [0.2, 0.25) is 0 Å². The maximum absolute atomic E-state index is 12.2. The molecule has 0 saturated carbocycles. The number of rotatable bonds is 2. The van der Waals surface area contributed by atoms with Crippen molar-refractivity contribution in [3.63, 3.8) is 0 Å². The van der Waals surface area contributed by atoms with Crippen LogP contribution in [0, 0.1) is 0 Å². The summed E-state index contributed by atoms with van der Waals surface area (Å²) in [5.74, 6) is 0. The van der Waals surface area contributed by atoms with E-state index in [1.54, 1.807) is 12.3 Å². The highest BCUT2D eigenvalue weighted by Gasteiger charge is 2.25. The highest BCUT2D eigenvalue weighted by Crippen LogP contribution is 2.24. The fourth-order valence-corrected chi connectivity index (χ4v) is 2.52. The monoisotopic (exact) mass is 284 g/mol. The van der Waals surface area contributed by atoms with E-state index >= 15 is 0 Å². The van der Waals surface area contributed by atoms with E-state index in [1.165, 1.54) is 4.90 Å². The number of H-pyrrole nitrogens is 1. The van der Waals surface area contributed by atoms with Crippen LogP contribution >= 0.6 is 0 Å². The molecular weight excluding hydrogens is 268 g/mol. The summed E-state index contributed by atoms with van der Waals surface area (Å²) in [6.07, 6.45) is 2.60. The van der Waals surface area contributed by atoms with Gasteiger partial charge in [0.25, 0.3) is 5.56 Å². The predicted molar refractivity (Wildman–Crippen MR) is 79.4 cm³/mol. The highest BCUT2D eigenvalue weighted by atomic mass is 16.6. The molecule has 5 nitrogen and oxygen atoms in total. The zero-order valence-electron chi connectivity index (χ0n) is 11.5. The zero-order chi connectivity index (χ0) is 14.7. The Morgan fingerprint density at radius 2 is 2.05 bits per heavy atom. The van der Waals surface area contributed by atoms with Gasteiger partial charge in [0, 0.05) is 18.3 Å². The van der Waals surface area contributed by atoms with Gasteiger partial charge in [-0.1, -0.05) is 30.3 Å². The Bertz CT molecular complexity index is 694. The molecule has 1 aliphatic rings. The standard InChI is InChI=1S/C16H16N2O3/c19-15-13-7-4-10-18(14(13)8-9-17-15)16(20)21-11-12-5-2-1-3-6-12/h1-3,5-6,8-9H,4,7,10-11H2,(H,17,19). The van der Waals surface area contributed by atoms with Gasteiger partial charge in [-0.2, -0.15) is 0 Å². The number of ether oxygens (including phenoxy) is 1. The first-order valence-corrected chi connectivity index (χ1v) is 6.94. The summed E-state index contributed by atoms with van der Waals surface area (Å²) in [7, 11) is 0. The Hall–Kier alpha value is -2.56. The molecule has 1 aliphatic heterocycles. The maximum atomic E-state index is 12.2. The second-order valence-corrected chi connectivity index (χ2v) is 4.97. The summed E-state index contributed by atoms with van der Waals surface area (Å²) in [5.41, 5.74) is 2.12. The number of hydrogen-bond donors (Lipinski definition) is 1. The number of amides is 1. The van der Waals surface area contributed by atoms with Crippen molar-refractivity contribution in [2.75, 3.05) is 11.4 Å². The molecular formula is C16H16N2O3. The number of aromatic amines is 1. The molecule has 0 atom stereocenters. The van der Waals surface area contributed by atoms with Crippen LogP contribution in [0.1, 0.15) is 17.5 Å². The van der Waals surface area contributed by atoms with Crippen molar-refractivity contribution in [3.8, 4) is 0 Å².